The van der Waals surface area contributed by atoms with Crippen LogP contribution in [-0.2, 0) is 0 Å². The Bertz CT molecular complexity index is 434. The smallest absolute Gasteiger partial charge is 0.129 e. The van der Waals surface area contributed by atoms with Crippen molar-refractivity contribution in [2.45, 2.75) is 101 Å². The first-order valence-corrected chi connectivity index (χ1v) is 12.3. The van der Waals surface area contributed by atoms with Gasteiger partial charge in [-0.25, -0.2) is 0 Å². The number of hydrogen-bond donors (Lipinski definition) is 1. The molecule has 0 bridgehead atoms. The van der Waals surface area contributed by atoms with Crippen molar-refractivity contribution in [2.75, 3.05) is 11.5 Å². The van der Waals surface area contributed by atoms with Crippen molar-refractivity contribution in [1.82, 2.24) is 0 Å². The molecule has 0 heterocycles. The molecule has 0 radical (unpaired) electrons. The lowest BCUT2D eigenvalue weighted by molar-refractivity contribution is 0.461. The van der Waals surface area contributed by atoms with Crippen LogP contribution < -0.4 is 0 Å². The molecule has 0 aliphatic carbocycles. The zero-order valence-corrected chi connectivity index (χ0v) is 18.0. The van der Waals surface area contributed by atoms with Gasteiger partial charge in [0.05, 0.1) is 4.90 Å². The molecule has 0 atom stereocenters. The standard InChI is InChI=1S/C22H38OS2/c1-3-5-7-9-11-13-17-24-20-15-16-21(23)22(19-20)25-18-14-12-10-8-6-4-2/h15-16,19,23H,3-14,17-18H2,1-2H3. The molecule has 1 aromatic rings. The number of rotatable bonds is 16. The van der Waals surface area contributed by atoms with Crippen LogP contribution in [0.25, 0.3) is 0 Å². The minimum Gasteiger partial charge on any atom is -0.507 e. The summed E-state index contributed by atoms with van der Waals surface area (Å²) in [6.07, 6.45) is 16.1. The Morgan fingerprint density at radius 1 is 0.680 bits per heavy atom. The van der Waals surface area contributed by atoms with Gasteiger partial charge in [-0.2, -0.15) is 0 Å². The maximum atomic E-state index is 10.1. The molecule has 144 valence electrons. The molecule has 1 aromatic carbocycles. The van der Waals surface area contributed by atoms with Gasteiger partial charge in [0.2, 0.25) is 0 Å². The van der Waals surface area contributed by atoms with Crippen LogP contribution in [0, 0.1) is 0 Å². The molecule has 1 nitrogen and oxygen atoms in total. The van der Waals surface area contributed by atoms with Crippen molar-refractivity contribution in [1.29, 1.82) is 0 Å². The second kappa shape index (κ2) is 15.9. The van der Waals surface area contributed by atoms with Crippen LogP contribution in [0.2, 0.25) is 0 Å². The van der Waals surface area contributed by atoms with E-state index in [2.05, 4.69) is 26.0 Å². The number of phenolic OH excluding ortho intramolecular Hbond substituents is 1. The maximum Gasteiger partial charge on any atom is 0.129 e. The lowest BCUT2D eigenvalue weighted by Gasteiger charge is -2.08. The molecule has 0 aliphatic rings. The van der Waals surface area contributed by atoms with E-state index in [0.29, 0.717) is 5.75 Å². The predicted octanol–water partition coefficient (Wildman–Crippen LogP) is 8.30. The molecule has 1 N–H and O–H groups in total. The maximum absolute atomic E-state index is 10.1. The van der Waals surface area contributed by atoms with E-state index in [0.717, 1.165) is 10.6 Å². The summed E-state index contributed by atoms with van der Waals surface area (Å²) in [5.41, 5.74) is 0. The number of hydrogen-bond acceptors (Lipinski definition) is 3. The third-order valence-corrected chi connectivity index (χ3v) is 6.66. The molecule has 0 amide bonds. The summed E-state index contributed by atoms with van der Waals surface area (Å²) in [7, 11) is 0. The van der Waals surface area contributed by atoms with Crippen LogP contribution in [-0.4, -0.2) is 16.6 Å². The molecular weight excluding hydrogens is 344 g/mol. The molecule has 0 fully saturated rings. The lowest BCUT2D eigenvalue weighted by Crippen LogP contribution is -1.85. The summed E-state index contributed by atoms with van der Waals surface area (Å²) >= 11 is 3.75. The van der Waals surface area contributed by atoms with Crippen LogP contribution in [0.15, 0.2) is 28.0 Å². The van der Waals surface area contributed by atoms with Crippen LogP contribution >= 0.6 is 23.5 Å². The molecule has 0 saturated carbocycles. The molecule has 0 aromatic heterocycles. The Hall–Kier alpha value is -0.280. The zero-order chi connectivity index (χ0) is 18.2. The Morgan fingerprint density at radius 3 is 1.80 bits per heavy atom. The molecule has 0 saturated heterocycles. The fraction of sp³-hybridized carbons (Fsp3) is 0.727. The minimum absolute atomic E-state index is 0.444. The van der Waals surface area contributed by atoms with E-state index in [1.807, 2.05) is 29.6 Å². The molecular formula is C22H38OS2. The summed E-state index contributed by atoms with van der Waals surface area (Å²) < 4.78 is 0. The van der Waals surface area contributed by atoms with Crippen LogP contribution in [0.3, 0.4) is 0 Å². The summed E-state index contributed by atoms with van der Waals surface area (Å²) in [6, 6.07) is 6.11. The van der Waals surface area contributed by atoms with Gasteiger partial charge in [0.25, 0.3) is 0 Å². The summed E-state index contributed by atoms with van der Waals surface area (Å²) in [5.74, 6) is 2.75. The highest BCUT2D eigenvalue weighted by atomic mass is 32.2. The van der Waals surface area contributed by atoms with E-state index in [1.165, 1.54) is 87.7 Å². The van der Waals surface area contributed by atoms with Crippen LogP contribution in [0.5, 0.6) is 5.75 Å². The van der Waals surface area contributed by atoms with E-state index in [4.69, 9.17) is 0 Å². The van der Waals surface area contributed by atoms with Crippen LogP contribution in [0.1, 0.15) is 90.9 Å². The van der Waals surface area contributed by atoms with Gasteiger partial charge >= 0.3 is 0 Å². The fourth-order valence-electron chi connectivity index (χ4n) is 2.84. The van der Waals surface area contributed by atoms with E-state index in [9.17, 15) is 5.11 Å². The highest BCUT2D eigenvalue weighted by molar-refractivity contribution is 8.00. The van der Waals surface area contributed by atoms with E-state index >= 15 is 0 Å². The molecule has 3 heteroatoms. The number of thioether (sulfide) groups is 2. The zero-order valence-electron chi connectivity index (χ0n) is 16.4. The van der Waals surface area contributed by atoms with Gasteiger partial charge in [0, 0.05) is 4.90 Å². The third-order valence-electron chi connectivity index (χ3n) is 4.45. The van der Waals surface area contributed by atoms with Gasteiger partial charge in [0.1, 0.15) is 5.75 Å². The fourth-order valence-corrected chi connectivity index (χ4v) is 4.86. The van der Waals surface area contributed by atoms with E-state index in [1.54, 1.807) is 0 Å². The van der Waals surface area contributed by atoms with Crippen molar-refractivity contribution in [3.8, 4) is 5.75 Å². The average Bonchev–Trinajstić information content (AvgIpc) is 2.62. The van der Waals surface area contributed by atoms with Crippen molar-refractivity contribution in [3.05, 3.63) is 18.2 Å². The Morgan fingerprint density at radius 2 is 1.20 bits per heavy atom. The van der Waals surface area contributed by atoms with Gasteiger partial charge in [-0.1, -0.05) is 78.1 Å². The summed E-state index contributed by atoms with van der Waals surface area (Å²) in [5, 5.41) is 10.1. The van der Waals surface area contributed by atoms with Gasteiger partial charge in [-0.3, -0.25) is 0 Å². The quantitative estimate of drug-likeness (QED) is 0.229. The lowest BCUT2D eigenvalue weighted by atomic mass is 10.1. The minimum atomic E-state index is 0.444. The van der Waals surface area contributed by atoms with Gasteiger partial charge < -0.3 is 5.11 Å². The van der Waals surface area contributed by atoms with E-state index < -0.39 is 0 Å². The van der Waals surface area contributed by atoms with Crippen molar-refractivity contribution >= 4 is 23.5 Å². The van der Waals surface area contributed by atoms with Crippen LogP contribution in [0.4, 0.5) is 0 Å². The molecule has 0 spiro atoms. The molecule has 1 rings (SSSR count). The second-order valence-electron chi connectivity index (χ2n) is 6.86. The van der Waals surface area contributed by atoms with Gasteiger partial charge in [-0.05, 0) is 42.5 Å². The monoisotopic (exact) mass is 382 g/mol. The highest BCUT2D eigenvalue weighted by Crippen LogP contribution is 2.33. The Balaban J connectivity index is 2.19. The second-order valence-corrected chi connectivity index (χ2v) is 9.17. The topological polar surface area (TPSA) is 20.2 Å². The Labute approximate surface area is 164 Å². The normalized spacial score (nSPS) is 11.1. The Kier molecular flexibility index (Phi) is 14.5. The number of aromatic hydroxyl groups is 1. The first-order chi connectivity index (χ1) is 12.3. The summed E-state index contributed by atoms with van der Waals surface area (Å²) in [6.45, 7) is 4.53. The number of phenols is 1. The highest BCUT2D eigenvalue weighted by Gasteiger charge is 2.04. The molecule has 25 heavy (non-hydrogen) atoms. The summed E-state index contributed by atoms with van der Waals surface area (Å²) in [4.78, 5) is 2.36. The van der Waals surface area contributed by atoms with Gasteiger partial charge in [-0.15, -0.1) is 23.5 Å². The third kappa shape index (κ3) is 11.9. The van der Waals surface area contributed by atoms with Crippen molar-refractivity contribution in [3.63, 3.8) is 0 Å². The van der Waals surface area contributed by atoms with E-state index in [-0.39, 0.29) is 0 Å². The van der Waals surface area contributed by atoms with Gasteiger partial charge in [0.15, 0.2) is 0 Å². The number of benzene rings is 1. The average molecular weight is 383 g/mol. The largest absolute Gasteiger partial charge is 0.507 e. The molecule has 0 aliphatic heterocycles. The van der Waals surface area contributed by atoms with Crippen molar-refractivity contribution in [2.24, 2.45) is 0 Å². The SMILES string of the molecule is CCCCCCCCSc1ccc(O)c(SCCCCCCCC)c1. The first kappa shape index (κ1) is 22.8. The first-order valence-electron chi connectivity index (χ1n) is 10.4. The number of unbranched alkanes of at least 4 members (excludes halogenated alkanes) is 10. The molecule has 0 unspecified atom stereocenters. The predicted molar refractivity (Wildman–Crippen MR) is 116 cm³/mol. The van der Waals surface area contributed by atoms with Crippen molar-refractivity contribution < 1.29 is 5.11 Å².